The first kappa shape index (κ1) is 16.9. The van der Waals surface area contributed by atoms with Gasteiger partial charge >= 0.3 is 0 Å². The Labute approximate surface area is 115 Å². The zero-order chi connectivity index (χ0) is 13.5. The predicted molar refractivity (Wildman–Crippen MR) is 78.5 cm³/mol. The van der Waals surface area contributed by atoms with Crippen LogP contribution in [0.4, 0.5) is 0 Å². The van der Waals surface area contributed by atoms with Crippen molar-refractivity contribution in [3.8, 4) is 0 Å². The highest BCUT2D eigenvalue weighted by Crippen LogP contribution is 2.28. The van der Waals surface area contributed by atoms with Crippen LogP contribution in [0.15, 0.2) is 0 Å². The second kappa shape index (κ2) is 8.12. The van der Waals surface area contributed by atoms with Gasteiger partial charge in [0.1, 0.15) is 0 Å². The van der Waals surface area contributed by atoms with Gasteiger partial charge in [0, 0.05) is 25.3 Å². The lowest BCUT2D eigenvalue weighted by Crippen LogP contribution is -2.31. The Morgan fingerprint density at radius 3 is 2.29 bits per heavy atom. The van der Waals surface area contributed by atoms with E-state index in [2.05, 4.69) is 43.6 Å². The van der Waals surface area contributed by atoms with Crippen LogP contribution in [-0.4, -0.2) is 29.7 Å². The van der Waals surface area contributed by atoms with E-state index >= 15 is 0 Å². The quantitative estimate of drug-likeness (QED) is 0.512. The topological polar surface area (TPSA) is 20.3 Å². The van der Waals surface area contributed by atoms with Crippen molar-refractivity contribution in [2.24, 2.45) is 11.3 Å². The molecule has 1 unspecified atom stereocenters. The number of halogens is 1. The number of unbranched alkanes of at least 4 members (excludes halogenated alkanes) is 2. The summed E-state index contributed by atoms with van der Waals surface area (Å²) < 4.78 is 0. The van der Waals surface area contributed by atoms with Crippen molar-refractivity contribution in [1.82, 2.24) is 4.90 Å². The van der Waals surface area contributed by atoms with Gasteiger partial charge in [0.25, 0.3) is 0 Å². The fourth-order valence-electron chi connectivity index (χ4n) is 1.47. The molecule has 0 aromatic rings. The molecule has 0 aliphatic rings. The highest BCUT2D eigenvalue weighted by Gasteiger charge is 2.23. The molecule has 17 heavy (non-hydrogen) atoms. The van der Waals surface area contributed by atoms with Crippen molar-refractivity contribution in [1.29, 1.82) is 0 Å². The number of carbonyl (C=O) groups excluding carboxylic acids is 1. The van der Waals surface area contributed by atoms with Crippen molar-refractivity contribution in [2.45, 2.75) is 53.4 Å². The molecule has 0 saturated heterocycles. The third kappa shape index (κ3) is 7.80. The first-order chi connectivity index (χ1) is 7.79. The minimum Gasteiger partial charge on any atom is -0.346 e. The first-order valence-electron chi connectivity index (χ1n) is 6.59. The van der Waals surface area contributed by atoms with Gasteiger partial charge < -0.3 is 4.90 Å². The molecule has 0 aromatic carbocycles. The average Bonchev–Trinajstić information content (AvgIpc) is 2.22. The Hall–Kier alpha value is -0.0500. The molecule has 0 aliphatic heterocycles. The molecule has 0 radical (unpaired) electrons. The third-order valence-corrected chi connectivity index (χ3v) is 4.07. The highest BCUT2D eigenvalue weighted by molar-refractivity contribution is 9.09. The van der Waals surface area contributed by atoms with Crippen molar-refractivity contribution in [3.63, 3.8) is 0 Å². The van der Waals surface area contributed by atoms with E-state index in [1.165, 1.54) is 12.8 Å². The van der Waals surface area contributed by atoms with Gasteiger partial charge in [0.2, 0.25) is 5.91 Å². The lowest BCUT2D eigenvalue weighted by molar-refractivity contribution is -0.131. The smallest absolute Gasteiger partial charge is 0.222 e. The first-order valence-corrected chi connectivity index (χ1v) is 7.71. The Morgan fingerprint density at radius 2 is 1.82 bits per heavy atom. The fraction of sp³-hybridized carbons (Fsp3) is 0.929. The van der Waals surface area contributed by atoms with E-state index in [0.717, 1.165) is 18.3 Å². The third-order valence-electron chi connectivity index (χ3n) is 3.51. The van der Waals surface area contributed by atoms with E-state index in [1.54, 1.807) is 0 Å². The summed E-state index contributed by atoms with van der Waals surface area (Å²) in [6, 6.07) is 0. The van der Waals surface area contributed by atoms with Gasteiger partial charge in [-0.1, -0.05) is 50.0 Å². The summed E-state index contributed by atoms with van der Waals surface area (Å²) >= 11 is 3.42. The van der Waals surface area contributed by atoms with Gasteiger partial charge in [-0.25, -0.2) is 0 Å². The molecule has 0 fully saturated rings. The molecule has 3 heteroatoms. The SMILES string of the molecule is CC(CC(=O)N(C)CCCCCBr)C(C)(C)C. The molecule has 1 amide bonds. The second-order valence-corrected chi connectivity index (χ2v) is 6.83. The number of carbonyl (C=O) groups is 1. The van der Waals surface area contributed by atoms with E-state index in [9.17, 15) is 4.79 Å². The normalized spacial score (nSPS) is 13.5. The Kier molecular flexibility index (Phi) is 8.10. The molecule has 0 saturated carbocycles. The lowest BCUT2D eigenvalue weighted by Gasteiger charge is -2.28. The molecule has 0 aliphatic carbocycles. The van der Waals surface area contributed by atoms with Gasteiger partial charge in [-0.05, 0) is 24.2 Å². The number of hydrogen-bond acceptors (Lipinski definition) is 1. The van der Waals surface area contributed by atoms with Crippen molar-refractivity contribution < 1.29 is 4.79 Å². The summed E-state index contributed by atoms with van der Waals surface area (Å²) in [5, 5.41) is 1.06. The fourth-order valence-corrected chi connectivity index (χ4v) is 1.87. The van der Waals surface area contributed by atoms with Gasteiger partial charge in [-0.3, -0.25) is 4.79 Å². The van der Waals surface area contributed by atoms with E-state index in [4.69, 9.17) is 0 Å². The summed E-state index contributed by atoms with van der Waals surface area (Å²) in [4.78, 5) is 13.9. The molecular formula is C14H28BrNO. The largest absolute Gasteiger partial charge is 0.346 e. The molecule has 0 spiro atoms. The van der Waals surface area contributed by atoms with E-state index in [1.807, 2.05) is 11.9 Å². The predicted octanol–water partition coefficient (Wildman–Crippen LogP) is 4.08. The van der Waals surface area contributed by atoms with Gasteiger partial charge in [0.15, 0.2) is 0 Å². The van der Waals surface area contributed by atoms with Crippen molar-refractivity contribution >= 4 is 21.8 Å². The van der Waals surface area contributed by atoms with Gasteiger partial charge in [-0.2, -0.15) is 0 Å². The molecule has 0 aromatic heterocycles. The summed E-state index contributed by atoms with van der Waals surface area (Å²) in [7, 11) is 1.92. The van der Waals surface area contributed by atoms with Crippen LogP contribution >= 0.6 is 15.9 Å². The number of nitrogens with zero attached hydrogens (tertiary/aromatic N) is 1. The van der Waals surface area contributed by atoms with Crippen molar-refractivity contribution in [2.75, 3.05) is 18.9 Å². The molecule has 1 atom stereocenters. The summed E-state index contributed by atoms with van der Waals surface area (Å²) in [5.74, 6) is 0.714. The van der Waals surface area contributed by atoms with Crippen LogP contribution in [0.5, 0.6) is 0 Å². The maximum Gasteiger partial charge on any atom is 0.222 e. The Balaban J connectivity index is 3.89. The highest BCUT2D eigenvalue weighted by atomic mass is 79.9. The molecule has 0 rings (SSSR count). The van der Waals surface area contributed by atoms with Crippen LogP contribution in [-0.2, 0) is 4.79 Å². The molecular weight excluding hydrogens is 278 g/mol. The zero-order valence-corrected chi connectivity index (χ0v) is 13.6. The van der Waals surface area contributed by atoms with Gasteiger partial charge in [0.05, 0.1) is 0 Å². The Bertz CT molecular complexity index is 223. The van der Waals surface area contributed by atoms with Crippen LogP contribution in [0, 0.1) is 11.3 Å². The molecule has 2 nitrogen and oxygen atoms in total. The summed E-state index contributed by atoms with van der Waals surface area (Å²) in [6.45, 7) is 9.64. The number of hydrogen-bond donors (Lipinski definition) is 0. The van der Waals surface area contributed by atoms with Crippen LogP contribution in [0.25, 0.3) is 0 Å². The molecule has 102 valence electrons. The number of alkyl halides is 1. The molecule has 0 bridgehead atoms. The molecule has 0 heterocycles. The average molecular weight is 306 g/mol. The molecule has 0 N–H and O–H groups in total. The maximum atomic E-state index is 12.0. The monoisotopic (exact) mass is 305 g/mol. The van der Waals surface area contributed by atoms with Crippen molar-refractivity contribution in [3.05, 3.63) is 0 Å². The zero-order valence-electron chi connectivity index (χ0n) is 12.1. The van der Waals surface area contributed by atoms with Crippen LogP contribution < -0.4 is 0 Å². The minimum absolute atomic E-state index is 0.215. The summed E-state index contributed by atoms with van der Waals surface area (Å²) in [5.41, 5.74) is 0.215. The van der Waals surface area contributed by atoms with Crippen LogP contribution in [0.1, 0.15) is 53.4 Å². The minimum atomic E-state index is 0.215. The van der Waals surface area contributed by atoms with Gasteiger partial charge in [-0.15, -0.1) is 0 Å². The maximum absolute atomic E-state index is 12.0. The van der Waals surface area contributed by atoms with Crippen LogP contribution in [0.3, 0.4) is 0 Å². The number of amides is 1. The van der Waals surface area contributed by atoms with Crippen LogP contribution in [0.2, 0.25) is 0 Å². The second-order valence-electron chi connectivity index (χ2n) is 6.04. The lowest BCUT2D eigenvalue weighted by atomic mass is 9.80. The standard InChI is InChI=1S/C14H28BrNO/c1-12(14(2,3)4)11-13(17)16(5)10-8-6-7-9-15/h12H,6-11H2,1-5H3. The van der Waals surface area contributed by atoms with E-state index in [0.29, 0.717) is 12.3 Å². The number of rotatable bonds is 7. The summed E-state index contributed by atoms with van der Waals surface area (Å²) in [6.07, 6.45) is 4.16. The Morgan fingerprint density at radius 1 is 1.24 bits per heavy atom. The van der Waals surface area contributed by atoms with E-state index in [-0.39, 0.29) is 11.3 Å². The van der Waals surface area contributed by atoms with E-state index < -0.39 is 0 Å².